The van der Waals surface area contributed by atoms with Gasteiger partial charge in [0, 0.05) is 16.9 Å². The molecule has 1 N–H and O–H groups in total. The lowest BCUT2D eigenvalue weighted by molar-refractivity contribution is 0.0939. The Morgan fingerprint density at radius 2 is 1.91 bits per heavy atom. The summed E-state index contributed by atoms with van der Waals surface area (Å²) in [5.74, 6) is 1.10. The predicted octanol–water partition coefficient (Wildman–Crippen LogP) is 3.35. The molecule has 116 valence electrons. The molecule has 1 heterocycles. The molecule has 2 rings (SSSR count). The summed E-state index contributed by atoms with van der Waals surface area (Å²) in [7, 11) is 3.17. The minimum Gasteiger partial charge on any atom is -0.493 e. The average molecular weight is 365 g/mol. The van der Waals surface area contributed by atoms with Crippen molar-refractivity contribution in [3.05, 3.63) is 52.3 Å². The van der Waals surface area contributed by atoms with Crippen LogP contribution in [0.1, 0.15) is 28.9 Å². The molecule has 0 spiro atoms. The minimum absolute atomic E-state index is 0.175. The van der Waals surface area contributed by atoms with E-state index in [1.807, 2.05) is 25.1 Å². The van der Waals surface area contributed by atoms with Gasteiger partial charge in [0.2, 0.25) is 0 Å². The van der Waals surface area contributed by atoms with Gasteiger partial charge in [-0.1, -0.05) is 6.07 Å². The van der Waals surface area contributed by atoms with Gasteiger partial charge in [0.25, 0.3) is 5.91 Å². The summed E-state index contributed by atoms with van der Waals surface area (Å²) >= 11 is 3.30. The Morgan fingerprint density at radius 3 is 2.55 bits per heavy atom. The molecule has 0 aliphatic rings. The Morgan fingerprint density at radius 1 is 1.18 bits per heavy atom. The van der Waals surface area contributed by atoms with Crippen LogP contribution in [0.3, 0.4) is 0 Å². The second-order valence-corrected chi connectivity index (χ2v) is 5.62. The smallest absolute Gasteiger partial charge is 0.253 e. The molecule has 1 aromatic carbocycles. The monoisotopic (exact) mass is 364 g/mol. The predicted molar refractivity (Wildman–Crippen MR) is 87.4 cm³/mol. The highest BCUT2D eigenvalue weighted by molar-refractivity contribution is 9.10. The Bertz CT molecular complexity index is 676. The molecule has 0 saturated carbocycles. The quantitative estimate of drug-likeness (QED) is 0.883. The van der Waals surface area contributed by atoms with Gasteiger partial charge in [-0.05, 0) is 46.6 Å². The molecular formula is C16H17BrN2O3. The zero-order chi connectivity index (χ0) is 16.1. The zero-order valence-electron chi connectivity index (χ0n) is 12.6. The van der Waals surface area contributed by atoms with Crippen molar-refractivity contribution in [2.24, 2.45) is 0 Å². The topological polar surface area (TPSA) is 60.5 Å². The van der Waals surface area contributed by atoms with E-state index in [1.54, 1.807) is 26.5 Å². The summed E-state index contributed by atoms with van der Waals surface area (Å²) in [4.78, 5) is 16.2. The first-order valence-corrected chi connectivity index (χ1v) is 7.47. The first-order valence-electron chi connectivity index (χ1n) is 6.68. The van der Waals surface area contributed by atoms with Crippen LogP contribution in [-0.2, 0) is 0 Å². The molecule has 0 aliphatic carbocycles. The molecule has 1 atom stereocenters. The van der Waals surface area contributed by atoms with E-state index in [9.17, 15) is 4.79 Å². The van der Waals surface area contributed by atoms with Gasteiger partial charge in [-0.3, -0.25) is 9.78 Å². The number of methoxy groups -OCH3 is 2. The van der Waals surface area contributed by atoms with E-state index >= 15 is 0 Å². The maximum Gasteiger partial charge on any atom is 0.253 e. The van der Waals surface area contributed by atoms with Crippen LogP contribution in [0.25, 0.3) is 0 Å². The molecular weight excluding hydrogens is 348 g/mol. The summed E-state index contributed by atoms with van der Waals surface area (Å²) < 4.78 is 11.3. The number of nitrogens with zero attached hydrogens (tertiary/aromatic N) is 1. The van der Waals surface area contributed by atoms with Crippen molar-refractivity contribution in [1.29, 1.82) is 0 Å². The highest BCUT2D eigenvalue weighted by Crippen LogP contribution is 2.29. The third kappa shape index (κ3) is 3.76. The van der Waals surface area contributed by atoms with Gasteiger partial charge in [0.05, 0.1) is 25.8 Å². The molecule has 1 amide bonds. The van der Waals surface area contributed by atoms with Crippen LogP contribution < -0.4 is 14.8 Å². The summed E-state index contributed by atoms with van der Waals surface area (Å²) in [6, 6.07) is 7.11. The minimum atomic E-state index is -0.184. The number of ether oxygens (including phenoxy) is 2. The summed E-state index contributed by atoms with van der Waals surface area (Å²) in [5.41, 5.74) is 1.43. The van der Waals surface area contributed by atoms with Gasteiger partial charge >= 0.3 is 0 Å². The van der Waals surface area contributed by atoms with Crippen molar-refractivity contribution >= 4 is 21.8 Å². The molecule has 22 heavy (non-hydrogen) atoms. The fourth-order valence-corrected chi connectivity index (χ4v) is 2.39. The van der Waals surface area contributed by atoms with E-state index in [4.69, 9.17) is 9.47 Å². The molecule has 0 aliphatic heterocycles. The fraction of sp³-hybridized carbons (Fsp3) is 0.250. The van der Waals surface area contributed by atoms with Crippen molar-refractivity contribution in [1.82, 2.24) is 10.3 Å². The van der Waals surface area contributed by atoms with Gasteiger partial charge in [0.15, 0.2) is 11.5 Å². The number of amides is 1. The molecule has 0 bridgehead atoms. The van der Waals surface area contributed by atoms with Crippen molar-refractivity contribution in [3.63, 3.8) is 0 Å². The molecule has 1 unspecified atom stereocenters. The first kappa shape index (κ1) is 16.3. The second kappa shape index (κ2) is 7.26. The third-order valence-corrected chi connectivity index (χ3v) is 3.66. The number of hydrogen-bond donors (Lipinski definition) is 1. The number of carbonyl (C=O) groups is 1. The van der Waals surface area contributed by atoms with Crippen molar-refractivity contribution < 1.29 is 14.3 Å². The highest BCUT2D eigenvalue weighted by Gasteiger charge is 2.14. The van der Waals surface area contributed by atoms with Crippen molar-refractivity contribution in [2.75, 3.05) is 14.2 Å². The van der Waals surface area contributed by atoms with Crippen molar-refractivity contribution in [2.45, 2.75) is 13.0 Å². The van der Waals surface area contributed by atoms with Crippen LogP contribution in [0.15, 0.2) is 41.1 Å². The number of nitrogens with one attached hydrogen (secondary N) is 1. The molecule has 5 nitrogen and oxygen atoms in total. The second-order valence-electron chi connectivity index (χ2n) is 4.70. The molecule has 1 aromatic heterocycles. The summed E-state index contributed by atoms with van der Waals surface area (Å²) in [5, 5.41) is 2.93. The van der Waals surface area contributed by atoms with Crippen LogP contribution >= 0.6 is 15.9 Å². The lowest BCUT2D eigenvalue weighted by atomic mass is 10.1. The number of halogens is 1. The zero-order valence-corrected chi connectivity index (χ0v) is 14.2. The van der Waals surface area contributed by atoms with Gasteiger partial charge in [-0.15, -0.1) is 0 Å². The van der Waals surface area contributed by atoms with Gasteiger partial charge in [-0.25, -0.2) is 0 Å². The number of aromatic nitrogens is 1. The third-order valence-electron chi connectivity index (χ3n) is 3.22. The number of benzene rings is 1. The maximum absolute atomic E-state index is 12.2. The highest BCUT2D eigenvalue weighted by atomic mass is 79.9. The number of carbonyl (C=O) groups excluding carboxylic acids is 1. The number of pyridine rings is 1. The fourth-order valence-electron chi connectivity index (χ4n) is 2.02. The van der Waals surface area contributed by atoms with E-state index in [2.05, 4.69) is 26.2 Å². The Balaban J connectivity index is 2.15. The lowest BCUT2D eigenvalue weighted by Gasteiger charge is -2.16. The van der Waals surface area contributed by atoms with E-state index in [1.165, 1.54) is 6.20 Å². The van der Waals surface area contributed by atoms with E-state index in [0.717, 1.165) is 10.0 Å². The van der Waals surface area contributed by atoms with Gasteiger partial charge in [0.1, 0.15) is 0 Å². The largest absolute Gasteiger partial charge is 0.493 e. The van der Waals surface area contributed by atoms with Crippen LogP contribution in [-0.4, -0.2) is 25.1 Å². The first-order chi connectivity index (χ1) is 10.5. The summed E-state index contributed by atoms with van der Waals surface area (Å²) in [6.07, 6.45) is 3.16. The lowest BCUT2D eigenvalue weighted by Crippen LogP contribution is -2.26. The molecule has 6 heteroatoms. The normalized spacial score (nSPS) is 11.6. The van der Waals surface area contributed by atoms with Gasteiger partial charge < -0.3 is 14.8 Å². The van der Waals surface area contributed by atoms with Crippen LogP contribution in [0.4, 0.5) is 0 Å². The Hall–Kier alpha value is -2.08. The maximum atomic E-state index is 12.2. The molecule has 0 fully saturated rings. The standard InChI is InChI=1S/C16H17BrN2O3/c1-10(11-4-5-14(21-2)15(7-11)22-3)19-16(20)12-6-13(17)9-18-8-12/h4-10H,1-3H3,(H,19,20). The van der Waals surface area contributed by atoms with Crippen LogP contribution in [0, 0.1) is 0 Å². The Labute approximate surface area is 137 Å². The van der Waals surface area contributed by atoms with Crippen LogP contribution in [0.5, 0.6) is 11.5 Å². The SMILES string of the molecule is COc1ccc(C(C)NC(=O)c2cncc(Br)c2)cc1OC. The summed E-state index contributed by atoms with van der Waals surface area (Å²) in [6.45, 7) is 1.91. The number of hydrogen-bond acceptors (Lipinski definition) is 4. The van der Waals surface area contributed by atoms with E-state index in [0.29, 0.717) is 17.1 Å². The van der Waals surface area contributed by atoms with Gasteiger partial charge in [-0.2, -0.15) is 0 Å². The molecule has 0 saturated heterocycles. The van der Waals surface area contributed by atoms with E-state index < -0.39 is 0 Å². The molecule has 2 aromatic rings. The average Bonchev–Trinajstić information content (AvgIpc) is 2.54. The molecule has 0 radical (unpaired) electrons. The van der Waals surface area contributed by atoms with Crippen molar-refractivity contribution in [3.8, 4) is 11.5 Å². The van der Waals surface area contributed by atoms with E-state index in [-0.39, 0.29) is 11.9 Å². The number of rotatable bonds is 5. The Kier molecular flexibility index (Phi) is 5.38. The van der Waals surface area contributed by atoms with Crippen LogP contribution in [0.2, 0.25) is 0 Å².